The summed E-state index contributed by atoms with van der Waals surface area (Å²) in [5.74, 6) is 0.540. The van der Waals surface area contributed by atoms with Gasteiger partial charge in [-0.05, 0) is 25.5 Å². The minimum atomic E-state index is -0.984. The number of ether oxygens (including phenoxy) is 1. The summed E-state index contributed by atoms with van der Waals surface area (Å²) in [6.45, 7) is 5.08. The van der Waals surface area contributed by atoms with Crippen LogP contribution in [0.25, 0.3) is 0 Å². The third-order valence-corrected chi connectivity index (χ3v) is 6.80. The Kier molecular flexibility index (Phi) is 4.93. The Bertz CT molecular complexity index is 928. The van der Waals surface area contributed by atoms with E-state index in [4.69, 9.17) is 4.74 Å². The van der Waals surface area contributed by atoms with Crippen LogP contribution in [0.15, 0.2) is 42.5 Å². The maximum absolute atomic E-state index is 13.8. The summed E-state index contributed by atoms with van der Waals surface area (Å²) >= 11 is 1.55. The molecule has 2 aliphatic rings. The van der Waals surface area contributed by atoms with Gasteiger partial charge >= 0.3 is 0 Å². The molecule has 1 spiro atoms. The monoisotopic (exact) mass is 396 g/mol. The zero-order valence-corrected chi connectivity index (χ0v) is 17.2. The zero-order chi connectivity index (χ0) is 19.9. The van der Waals surface area contributed by atoms with E-state index in [0.29, 0.717) is 13.1 Å². The van der Waals surface area contributed by atoms with Crippen LogP contribution < -0.4 is 4.90 Å². The molecule has 5 nitrogen and oxygen atoms in total. The van der Waals surface area contributed by atoms with Crippen molar-refractivity contribution in [1.82, 2.24) is 4.90 Å². The molecule has 4 rings (SSSR count). The molecule has 2 aromatic rings. The smallest absolute Gasteiger partial charge is 0.268 e. The summed E-state index contributed by atoms with van der Waals surface area (Å²) in [4.78, 5) is 29.1. The van der Waals surface area contributed by atoms with Gasteiger partial charge in [-0.2, -0.15) is 0 Å². The molecule has 146 valence electrons. The van der Waals surface area contributed by atoms with Crippen molar-refractivity contribution in [3.05, 3.63) is 64.7 Å². The number of hydrogen-bond acceptors (Lipinski definition) is 4. The third kappa shape index (κ3) is 2.91. The zero-order valence-electron chi connectivity index (χ0n) is 16.4. The first-order valence-electron chi connectivity index (χ1n) is 9.39. The Hall–Kier alpha value is -2.31. The molecule has 2 heterocycles. The van der Waals surface area contributed by atoms with Crippen molar-refractivity contribution in [2.45, 2.75) is 25.3 Å². The predicted molar refractivity (Wildman–Crippen MR) is 111 cm³/mol. The van der Waals surface area contributed by atoms with Crippen molar-refractivity contribution in [1.29, 1.82) is 0 Å². The normalized spacial score (nSPS) is 20.9. The van der Waals surface area contributed by atoms with E-state index < -0.39 is 4.87 Å². The SMILES string of the molecule is COCC(=O)N1CCSC12C(=O)N(Cc1ccc(C)cc1)c1ccc(C)cc12. The van der Waals surface area contributed by atoms with Crippen LogP contribution in [0.3, 0.4) is 0 Å². The number of carbonyl (C=O) groups is 2. The van der Waals surface area contributed by atoms with Crippen molar-refractivity contribution in [3.63, 3.8) is 0 Å². The number of nitrogens with zero attached hydrogens (tertiary/aromatic N) is 2. The quantitative estimate of drug-likeness (QED) is 0.796. The van der Waals surface area contributed by atoms with Gasteiger partial charge in [-0.25, -0.2) is 0 Å². The van der Waals surface area contributed by atoms with Gasteiger partial charge in [0.15, 0.2) is 4.87 Å². The fraction of sp³-hybridized carbons (Fsp3) is 0.364. The number of rotatable bonds is 4. The summed E-state index contributed by atoms with van der Waals surface area (Å²) in [7, 11) is 1.51. The Morgan fingerprint density at radius 2 is 1.86 bits per heavy atom. The van der Waals surface area contributed by atoms with Gasteiger partial charge in [-0.1, -0.05) is 47.5 Å². The van der Waals surface area contributed by atoms with Crippen LogP contribution in [-0.2, 0) is 25.7 Å². The molecule has 1 unspecified atom stereocenters. The van der Waals surface area contributed by atoms with Crippen molar-refractivity contribution in [2.24, 2.45) is 0 Å². The first-order valence-corrected chi connectivity index (χ1v) is 10.4. The van der Waals surface area contributed by atoms with E-state index >= 15 is 0 Å². The number of anilines is 1. The second-order valence-electron chi connectivity index (χ2n) is 7.37. The average Bonchev–Trinajstić information content (AvgIpc) is 3.21. The highest BCUT2D eigenvalue weighted by Crippen LogP contribution is 2.54. The van der Waals surface area contributed by atoms with Gasteiger partial charge in [0, 0.05) is 25.0 Å². The van der Waals surface area contributed by atoms with Crippen LogP contribution in [0, 0.1) is 13.8 Å². The average molecular weight is 397 g/mol. The number of amides is 2. The van der Waals surface area contributed by atoms with Crippen molar-refractivity contribution in [3.8, 4) is 0 Å². The molecule has 2 amide bonds. The van der Waals surface area contributed by atoms with Crippen molar-refractivity contribution >= 4 is 29.3 Å². The molecule has 0 radical (unpaired) electrons. The van der Waals surface area contributed by atoms with E-state index in [-0.39, 0.29) is 18.4 Å². The summed E-state index contributed by atoms with van der Waals surface area (Å²) in [6.07, 6.45) is 0. The highest BCUT2D eigenvalue weighted by Gasteiger charge is 2.59. The van der Waals surface area contributed by atoms with Crippen LogP contribution in [0.5, 0.6) is 0 Å². The van der Waals surface area contributed by atoms with Crippen LogP contribution in [0.4, 0.5) is 5.69 Å². The van der Waals surface area contributed by atoms with Gasteiger partial charge in [-0.3, -0.25) is 9.59 Å². The molecule has 1 fully saturated rings. The Balaban J connectivity index is 1.79. The van der Waals surface area contributed by atoms with E-state index in [1.807, 2.05) is 36.9 Å². The second-order valence-corrected chi connectivity index (χ2v) is 8.66. The minimum Gasteiger partial charge on any atom is -0.375 e. The molecule has 1 atom stereocenters. The minimum absolute atomic E-state index is 0.0191. The molecule has 0 saturated carbocycles. The number of hydrogen-bond donors (Lipinski definition) is 0. The van der Waals surface area contributed by atoms with E-state index in [9.17, 15) is 9.59 Å². The molecule has 6 heteroatoms. The molecular formula is C22H24N2O3S. The van der Waals surface area contributed by atoms with Crippen molar-refractivity contribution < 1.29 is 14.3 Å². The highest BCUT2D eigenvalue weighted by molar-refractivity contribution is 8.01. The van der Waals surface area contributed by atoms with E-state index in [2.05, 4.69) is 24.3 Å². The first-order chi connectivity index (χ1) is 13.5. The highest BCUT2D eigenvalue weighted by atomic mass is 32.2. The number of carbonyl (C=O) groups excluding carboxylic acids is 2. The summed E-state index contributed by atoms with van der Waals surface area (Å²) < 4.78 is 5.07. The summed E-state index contributed by atoms with van der Waals surface area (Å²) in [6, 6.07) is 14.3. The van der Waals surface area contributed by atoms with Crippen molar-refractivity contribution in [2.75, 3.05) is 30.9 Å². The molecule has 0 bridgehead atoms. The lowest BCUT2D eigenvalue weighted by Gasteiger charge is -2.33. The van der Waals surface area contributed by atoms with Gasteiger partial charge in [0.05, 0.1) is 12.2 Å². The maximum Gasteiger partial charge on any atom is 0.268 e. The maximum atomic E-state index is 13.8. The fourth-order valence-corrected chi connectivity index (χ4v) is 5.49. The lowest BCUT2D eigenvalue weighted by Crippen LogP contribution is -2.51. The lowest BCUT2D eigenvalue weighted by molar-refractivity contribution is -0.143. The van der Waals surface area contributed by atoms with Crippen LogP contribution in [0.1, 0.15) is 22.3 Å². The van der Waals surface area contributed by atoms with Crippen LogP contribution in [-0.4, -0.2) is 42.7 Å². The fourth-order valence-electron chi connectivity index (χ4n) is 4.02. The van der Waals surface area contributed by atoms with E-state index in [0.717, 1.165) is 28.1 Å². The lowest BCUT2D eigenvalue weighted by atomic mass is 10.0. The molecule has 2 aromatic carbocycles. The van der Waals surface area contributed by atoms with Crippen LogP contribution in [0.2, 0.25) is 0 Å². The van der Waals surface area contributed by atoms with Gasteiger partial charge in [-0.15, -0.1) is 11.8 Å². The van der Waals surface area contributed by atoms with Gasteiger partial charge in [0.2, 0.25) is 5.91 Å². The standard InChI is InChI=1S/C22H24N2O3S/c1-15-4-7-17(8-5-15)13-23-19-9-6-16(2)12-18(19)22(21(23)26)24(10-11-28-22)20(25)14-27-3/h4-9,12H,10-11,13-14H2,1-3H3. The Morgan fingerprint density at radius 3 is 2.57 bits per heavy atom. The summed E-state index contributed by atoms with van der Waals surface area (Å²) in [5.41, 5.74) is 5.14. The molecule has 1 saturated heterocycles. The molecule has 28 heavy (non-hydrogen) atoms. The first kappa shape index (κ1) is 19.0. The third-order valence-electron chi connectivity index (χ3n) is 5.38. The number of aryl methyl sites for hydroxylation is 2. The second kappa shape index (κ2) is 7.26. The molecule has 0 N–H and O–H groups in total. The van der Waals surface area contributed by atoms with Gasteiger partial charge in [0.1, 0.15) is 6.61 Å². The Morgan fingerprint density at radius 1 is 1.14 bits per heavy atom. The van der Waals surface area contributed by atoms with Gasteiger partial charge < -0.3 is 14.5 Å². The Labute approximate surface area is 169 Å². The molecule has 2 aliphatic heterocycles. The van der Waals surface area contributed by atoms with E-state index in [1.54, 1.807) is 16.7 Å². The number of methoxy groups -OCH3 is 1. The van der Waals surface area contributed by atoms with E-state index in [1.165, 1.54) is 12.7 Å². The molecule has 0 aromatic heterocycles. The summed E-state index contributed by atoms with van der Waals surface area (Å²) in [5, 5.41) is 0. The molecular weight excluding hydrogens is 372 g/mol. The topological polar surface area (TPSA) is 49.9 Å². The number of thioether (sulfide) groups is 1. The number of benzene rings is 2. The predicted octanol–water partition coefficient (Wildman–Crippen LogP) is 3.22. The molecule has 0 aliphatic carbocycles. The van der Waals surface area contributed by atoms with Crippen LogP contribution >= 0.6 is 11.8 Å². The van der Waals surface area contributed by atoms with Gasteiger partial charge in [0.25, 0.3) is 5.91 Å². The number of fused-ring (bicyclic) bond motifs is 2. The largest absolute Gasteiger partial charge is 0.375 e.